The standard InChI is InChI=1S/C19H25NS/c1-14(2)12-20-13-17-7-5-6-8-18(17)21-19-11-15(3)9-10-16(19)4/h5-11,14,20H,12-13H2,1-4H3. The summed E-state index contributed by atoms with van der Waals surface area (Å²) in [6.07, 6.45) is 0. The van der Waals surface area contributed by atoms with Gasteiger partial charge < -0.3 is 5.32 Å². The zero-order chi connectivity index (χ0) is 15.2. The van der Waals surface area contributed by atoms with Crippen molar-refractivity contribution in [3.8, 4) is 0 Å². The molecule has 2 rings (SSSR count). The van der Waals surface area contributed by atoms with Crippen molar-refractivity contribution < 1.29 is 0 Å². The monoisotopic (exact) mass is 299 g/mol. The number of nitrogens with one attached hydrogen (secondary N) is 1. The summed E-state index contributed by atoms with van der Waals surface area (Å²) in [6.45, 7) is 10.8. The molecule has 21 heavy (non-hydrogen) atoms. The molecule has 2 heteroatoms. The Morgan fingerprint density at radius 3 is 2.52 bits per heavy atom. The van der Waals surface area contributed by atoms with Gasteiger partial charge in [-0.2, -0.15) is 0 Å². The maximum atomic E-state index is 3.54. The van der Waals surface area contributed by atoms with Crippen LogP contribution in [-0.4, -0.2) is 6.54 Å². The molecule has 0 fully saturated rings. The maximum absolute atomic E-state index is 3.54. The van der Waals surface area contributed by atoms with Crippen LogP contribution in [0.15, 0.2) is 52.3 Å². The molecule has 0 saturated carbocycles. The van der Waals surface area contributed by atoms with Crippen molar-refractivity contribution in [2.75, 3.05) is 6.54 Å². The highest BCUT2D eigenvalue weighted by Gasteiger charge is 2.06. The molecule has 2 aromatic carbocycles. The van der Waals surface area contributed by atoms with Gasteiger partial charge in [0.2, 0.25) is 0 Å². The van der Waals surface area contributed by atoms with E-state index in [1.54, 1.807) is 0 Å². The molecule has 112 valence electrons. The van der Waals surface area contributed by atoms with Crippen LogP contribution in [0.5, 0.6) is 0 Å². The molecule has 0 aliphatic rings. The van der Waals surface area contributed by atoms with Gasteiger partial charge in [-0.25, -0.2) is 0 Å². The van der Waals surface area contributed by atoms with E-state index in [9.17, 15) is 0 Å². The average molecular weight is 299 g/mol. The van der Waals surface area contributed by atoms with Crippen LogP contribution >= 0.6 is 11.8 Å². The molecule has 1 N–H and O–H groups in total. The van der Waals surface area contributed by atoms with Crippen LogP contribution in [0.3, 0.4) is 0 Å². The number of rotatable bonds is 6. The van der Waals surface area contributed by atoms with Gasteiger partial charge in [-0.05, 0) is 55.1 Å². The Balaban J connectivity index is 2.14. The third-order valence-corrected chi connectivity index (χ3v) is 4.68. The highest BCUT2D eigenvalue weighted by Crippen LogP contribution is 2.33. The van der Waals surface area contributed by atoms with Crippen LogP contribution in [0, 0.1) is 19.8 Å². The van der Waals surface area contributed by atoms with Crippen molar-refractivity contribution in [2.45, 2.75) is 44.0 Å². The molecule has 0 aromatic heterocycles. The van der Waals surface area contributed by atoms with Gasteiger partial charge >= 0.3 is 0 Å². The van der Waals surface area contributed by atoms with E-state index in [-0.39, 0.29) is 0 Å². The molecule has 1 nitrogen and oxygen atoms in total. The Hall–Kier alpha value is -1.25. The molecule has 0 saturated heterocycles. The quantitative estimate of drug-likeness (QED) is 0.786. The third kappa shape index (κ3) is 4.90. The van der Waals surface area contributed by atoms with E-state index in [2.05, 4.69) is 75.5 Å². The fraction of sp³-hybridized carbons (Fsp3) is 0.368. The fourth-order valence-electron chi connectivity index (χ4n) is 2.18. The Bertz CT molecular complexity index is 590. The van der Waals surface area contributed by atoms with Crippen LogP contribution in [-0.2, 0) is 6.54 Å². The minimum absolute atomic E-state index is 0.684. The number of aryl methyl sites for hydroxylation is 2. The first-order chi connectivity index (χ1) is 10.1. The molecular formula is C19H25NS. The lowest BCUT2D eigenvalue weighted by atomic mass is 10.2. The van der Waals surface area contributed by atoms with Gasteiger partial charge in [0.25, 0.3) is 0 Å². The molecule has 0 aliphatic carbocycles. The summed E-state index contributed by atoms with van der Waals surface area (Å²) >= 11 is 1.87. The lowest BCUT2D eigenvalue weighted by molar-refractivity contribution is 0.550. The second kappa shape index (κ2) is 7.67. The van der Waals surface area contributed by atoms with Crippen LogP contribution in [0.25, 0.3) is 0 Å². The highest BCUT2D eigenvalue weighted by molar-refractivity contribution is 7.99. The average Bonchev–Trinajstić information content (AvgIpc) is 2.44. The molecule has 0 spiro atoms. The summed E-state index contributed by atoms with van der Waals surface area (Å²) in [5.41, 5.74) is 4.04. The summed E-state index contributed by atoms with van der Waals surface area (Å²) < 4.78 is 0. The Kier molecular flexibility index (Phi) is 5.89. The molecule has 2 aromatic rings. The van der Waals surface area contributed by atoms with Crippen LogP contribution in [0.2, 0.25) is 0 Å². The van der Waals surface area contributed by atoms with Gasteiger partial charge in [0.15, 0.2) is 0 Å². The normalized spacial score (nSPS) is 11.1. The smallest absolute Gasteiger partial charge is 0.0216 e. The second-order valence-electron chi connectivity index (χ2n) is 6.00. The molecule has 0 aliphatic heterocycles. The zero-order valence-electron chi connectivity index (χ0n) is 13.4. The molecule has 0 radical (unpaired) electrons. The van der Waals surface area contributed by atoms with Crippen molar-refractivity contribution in [3.63, 3.8) is 0 Å². The van der Waals surface area contributed by atoms with Crippen molar-refractivity contribution in [1.29, 1.82) is 0 Å². The van der Waals surface area contributed by atoms with E-state index in [0.717, 1.165) is 13.1 Å². The van der Waals surface area contributed by atoms with Gasteiger partial charge in [0.05, 0.1) is 0 Å². The van der Waals surface area contributed by atoms with Crippen LogP contribution in [0.1, 0.15) is 30.5 Å². The largest absolute Gasteiger partial charge is 0.312 e. The molecular weight excluding hydrogens is 274 g/mol. The summed E-state index contributed by atoms with van der Waals surface area (Å²) in [6, 6.07) is 15.4. The first-order valence-electron chi connectivity index (χ1n) is 7.60. The predicted octanol–water partition coefficient (Wildman–Crippen LogP) is 5.20. The second-order valence-corrected chi connectivity index (χ2v) is 7.09. The lowest BCUT2D eigenvalue weighted by Gasteiger charge is -2.13. The summed E-state index contributed by atoms with van der Waals surface area (Å²) in [5, 5.41) is 3.54. The van der Waals surface area contributed by atoms with E-state index >= 15 is 0 Å². The lowest BCUT2D eigenvalue weighted by Crippen LogP contribution is -2.19. The Morgan fingerprint density at radius 2 is 1.76 bits per heavy atom. The van der Waals surface area contributed by atoms with Gasteiger partial charge in [0, 0.05) is 16.3 Å². The topological polar surface area (TPSA) is 12.0 Å². The fourth-order valence-corrected chi connectivity index (χ4v) is 3.31. The summed E-state index contributed by atoms with van der Waals surface area (Å²) in [7, 11) is 0. The van der Waals surface area contributed by atoms with Crippen LogP contribution < -0.4 is 5.32 Å². The van der Waals surface area contributed by atoms with E-state index in [1.807, 2.05) is 11.8 Å². The molecule has 0 atom stereocenters. The summed E-state index contributed by atoms with van der Waals surface area (Å²) in [5.74, 6) is 0.684. The zero-order valence-corrected chi connectivity index (χ0v) is 14.3. The van der Waals surface area contributed by atoms with Crippen molar-refractivity contribution >= 4 is 11.8 Å². The first kappa shape index (κ1) is 16.1. The van der Waals surface area contributed by atoms with Gasteiger partial charge in [0.1, 0.15) is 0 Å². The molecule has 0 bridgehead atoms. The van der Waals surface area contributed by atoms with E-state index in [1.165, 1.54) is 26.5 Å². The molecule has 0 unspecified atom stereocenters. The Labute approximate surface area is 133 Å². The summed E-state index contributed by atoms with van der Waals surface area (Å²) in [4.78, 5) is 2.70. The number of hydrogen-bond acceptors (Lipinski definition) is 2. The van der Waals surface area contributed by atoms with Gasteiger partial charge in [-0.15, -0.1) is 0 Å². The maximum Gasteiger partial charge on any atom is 0.0216 e. The minimum Gasteiger partial charge on any atom is -0.312 e. The van der Waals surface area contributed by atoms with Crippen molar-refractivity contribution in [2.24, 2.45) is 5.92 Å². The number of benzene rings is 2. The molecule has 0 heterocycles. The minimum atomic E-state index is 0.684. The van der Waals surface area contributed by atoms with Gasteiger partial charge in [-0.1, -0.05) is 55.9 Å². The molecule has 0 amide bonds. The van der Waals surface area contributed by atoms with Crippen molar-refractivity contribution in [3.05, 3.63) is 59.2 Å². The Morgan fingerprint density at radius 1 is 1.00 bits per heavy atom. The number of hydrogen-bond donors (Lipinski definition) is 1. The van der Waals surface area contributed by atoms with E-state index in [4.69, 9.17) is 0 Å². The van der Waals surface area contributed by atoms with Gasteiger partial charge in [-0.3, -0.25) is 0 Å². The van der Waals surface area contributed by atoms with Crippen molar-refractivity contribution in [1.82, 2.24) is 5.32 Å². The van der Waals surface area contributed by atoms with Crippen LogP contribution in [0.4, 0.5) is 0 Å². The SMILES string of the molecule is Cc1ccc(C)c(Sc2ccccc2CNCC(C)C)c1. The van der Waals surface area contributed by atoms with E-state index < -0.39 is 0 Å². The third-order valence-electron chi connectivity index (χ3n) is 3.40. The first-order valence-corrected chi connectivity index (χ1v) is 8.41. The predicted molar refractivity (Wildman–Crippen MR) is 93.0 cm³/mol. The van der Waals surface area contributed by atoms with E-state index in [0.29, 0.717) is 5.92 Å². The highest BCUT2D eigenvalue weighted by atomic mass is 32.2.